The third-order valence-corrected chi connectivity index (χ3v) is 6.18. The van der Waals surface area contributed by atoms with E-state index in [1.54, 1.807) is 0 Å². The molecule has 0 unspecified atom stereocenters. The molecule has 6 nitrogen and oxygen atoms in total. The van der Waals surface area contributed by atoms with Crippen LogP contribution in [0.4, 0.5) is 0 Å². The van der Waals surface area contributed by atoms with Gasteiger partial charge < -0.3 is 13.3 Å². The first-order chi connectivity index (χ1) is 9.83. The van der Waals surface area contributed by atoms with Crippen LogP contribution in [0.3, 0.4) is 0 Å². The van der Waals surface area contributed by atoms with Gasteiger partial charge in [-0.2, -0.15) is 0 Å². The lowest BCUT2D eigenvalue weighted by molar-refractivity contribution is -0.147. The lowest BCUT2D eigenvalue weighted by Crippen LogP contribution is -2.49. The zero-order valence-corrected chi connectivity index (χ0v) is 14.0. The maximum atomic E-state index is 11.3. The van der Waals surface area contributed by atoms with Crippen molar-refractivity contribution in [2.45, 2.75) is 65.3 Å². The van der Waals surface area contributed by atoms with Crippen LogP contribution in [-0.2, 0) is 27.7 Å². The van der Waals surface area contributed by atoms with Crippen molar-refractivity contribution in [2.75, 3.05) is 0 Å². The molecule has 0 atom stereocenters. The number of hydrogen-bond donors (Lipinski definition) is 0. The van der Waals surface area contributed by atoms with Crippen molar-refractivity contribution in [2.24, 2.45) is 5.92 Å². The predicted octanol–water partition coefficient (Wildman–Crippen LogP) is 2.59. The van der Waals surface area contributed by atoms with E-state index in [0.29, 0.717) is 12.0 Å². The summed E-state index contributed by atoms with van der Waals surface area (Å²) in [6.45, 7) is 3.65. The van der Waals surface area contributed by atoms with Gasteiger partial charge >= 0.3 is 8.80 Å². The van der Waals surface area contributed by atoms with Crippen molar-refractivity contribution >= 4 is 26.7 Å². The van der Waals surface area contributed by atoms with Crippen LogP contribution in [-0.4, -0.2) is 26.7 Å². The molecule has 7 heteroatoms. The fourth-order valence-electron chi connectivity index (χ4n) is 2.73. The molecule has 1 saturated carbocycles. The molecule has 0 spiro atoms. The Morgan fingerprint density at radius 2 is 1.29 bits per heavy atom. The molecule has 0 aromatic carbocycles. The Morgan fingerprint density at radius 3 is 1.67 bits per heavy atom. The van der Waals surface area contributed by atoms with E-state index < -0.39 is 26.7 Å². The molecule has 0 heterocycles. The normalized spacial score (nSPS) is 16.1. The summed E-state index contributed by atoms with van der Waals surface area (Å²) in [6, 6.07) is 0.302. The van der Waals surface area contributed by atoms with Crippen LogP contribution >= 0.6 is 0 Å². The molecule has 0 aliphatic heterocycles. The quantitative estimate of drug-likeness (QED) is 0.701. The average Bonchev–Trinajstić information content (AvgIpc) is 2.35. The topological polar surface area (TPSA) is 78.9 Å². The standard InChI is InChI=1S/C14H24O6Si/c1-11(15)18-21(19-12(2)16,20-13(3)17)10-9-14-7-5-4-6-8-14/h14H,4-10H2,1-3H3. The van der Waals surface area contributed by atoms with E-state index in [9.17, 15) is 14.4 Å². The molecule has 0 aromatic rings. The van der Waals surface area contributed by atoms with Crippen LogP contribution in [0, 0.1) is 5.92 Å². The first-order valence-corrected chi connectivity index (χ1v) is 9.35. The van der Waals surface area contributed by atoms with E-state index in [4.69, 9.17) is 13.3 Å². The largest absolute Gasteiger partial charge is 0.705 e. The Morgan fingerprint density at radius 1 is 0.857 bits per heavy atom. The Labute approximate surface area is 126 Å². The van der Waals surface area contributed by atoms with Crippen molar-refractivity contribution in [3.63, 3.8) is 0 Å². The highest BCUT2D eigenvalue weighted by Gasteiger charge is 2.51. The van der Waals surface area contributed by atoms with E-state index in [0.717, 1.165) is 19.3 Å². The van der Waals surface area contributed by atoms with Crippen molar-refractivity contribution in [1.82, 2.24) is 0 Å². The second kappa shape index (κ2) is 8.16. The third-order valence-electron chi connectivity index (χ3n) is 3.48. The molecule has 1 aliphatic carbocycles. The molecule has 1 fully saturated rings. The first kappa shape index (κ1) is 17.7. The Bertz CT molecular complexity index is 348. The van der Waals surface area contributed by atoms with Gasteiger partial charge in [0.25, 0.3) is 17.9 Å². The van der Waals surface area contributed by atoms with Gasteiger partial charge in [-0.15, -0.1) is 0 Å². The van der Waals surface area contributed by atoms with E-state index in [1.807, 2.05) is 0 Å². The molecule has 0 N–H and O–H groups in total. The monoisotopic (exact) mass is 316 g/mol. The molecular weight excluding hydrogens is 292 g/mol. The van der Waals surface area contributed by atoms with Gasteiger partial charge in [0, 0.05) is 20.8 Å². The summed E-state index contributed by atoms with van der Waals surface area (Å²) in [6.07, 6.45) is 6.59. The van der Waals surface area contributed by atoms with Crippen LogP contribution in [0.5, 0.6) is 0 Å². The minimum absolute atomic E-state index is 0.302. The maximum absolute atomic E-state index is 11.3. The number of rotatable bonds is 6. The van der Waals surface area contributed by atoms with Crippen LogP contribution in [0.1, 0.15) is 59.3 Å². The molecule has 120 valence electrons. The fraction of sp³-hybridized carbons (Fsp3) is 0.786. The summed E-state index contributed by atoms with van der Waals surface area (Å²) < 4.78 is 15.5. The van der Waals surface area contributed by atoms with E-state index in [1.165, 1.54) is 40.0 Å². The highest BCUT2D eigenvalue weighted by molar-refractivity contribution is 6.65. The van der Waals surface area contributed by atoms with Crippen LogP contribution in [0.2, 0.25) is 6.04 Å². The van der Waals surface area contributed by atoms with Crippen molar-refractivity contribution in [3.8, 4) is 0 Å². The molecule has 1 aliphatic rings. The smallest absolute Gasteiger partial charge is 0.455 e. The summed E-state index contributed by atoms with van der Waals surface area (Å²) >= 11 is 0. The Balaban J connectivity index is 2.77. The Hall–Kier alpha value is -1.37. The highest BCUT2D eigenvalue weighted by atomic mass is 28.4. The van der Waals surface area contributed by atoms with Crippen molar-refractivity contribution < 1.29 is 27.7 Å². The van der Waals surface area contributed by atoms with E-state index >= 15 is 0 Å². The second-order valence-corrected chi connectivity index (χ2v) is 7.99. The number of carbonyl (C=O) groups is 3. The number of carbonyl (C=O) groups excluding carboxylic acids is 3. The number of hydrogen-bond acceptors (Lipinski definition) is 6. The van der Waals surface area contributed by atoms with Gasteiger partial charge in [0.15, 0.2) is 0 Å². The highest BCUT2D eigenvalue weighted by Crippen LogP contribution is 2.31. The van der Waals surface area contributed by atoms with Crippen LogP contribution in [0.15, 0.2) is 0 Å². The molecule has 0 saturated heterocycles. The summed E-state index contributed by atoms with van der Waals surface area (Å²) in [7, 11) is -3.62. The SMILES string of the molecule is CC(=O)O[Si](CCC1CCCCC1)(OC(C)=O)OC(C)=O. The van der Waals surface area contributed by atoms with Gasteiger partial charge in [-0.05, 0) is 12.3 Å². The van der Waals surface area contributed by atoms with E-state index in [2.05, 4.69) is 0 Å². The van der Waals surface area contributed by atoms with Gasteiger partial charge in [0.1, 0.15) is 0 Å². The van der Waals surface area contributed by atoms with E-state index in [-0.39, 0.29) is 0 Å². The minimum atomic E-state index is -3.62. The van der Waals surface area contributed by atoms with Gasteiger partial charge in [-0.3, -0.25) is 14.4 Å². The lowest BCUT2D eigenvalue weighted by atomic mass is 9.88. The van der Waals surface area contributed by atoms with Crippen molar-refractivity contribution in [1.29, 1.82) is 0 Å². The zero-order chi connectivity index (χ0) is 15.9. The summed E-state index contributed by atoms with van der Waals surface area (Å²) in [5.41, 5.74) is 0. The molecular formula is C14H24O6Si. The summed E-state index contributed by atoms with van der Waals surface area (Å²) in [5, 5.41) is 0. The van der Waals surface area contributed by atoms with Gasteiger partial charge in [-0.25, -0.2) is 0 Å². The molecule has 1 rings (SSSR count). The van der Waals surface area contributed by atoms with Crippen LogP contribution < -0.4 is 0 Å². The molecule has 0 aromatic heterocycles. The first-order valence-electron chi connectivity index (χ1n) is 7.42. The lowest BCUT2D eigenvalue weighted by Gasteiger charge is -2.28. The van der Waals surface area contributed by atoms with Gasteiger partial charge in [0.05, 0.1) is 6.04 Å². The predicted molar refractivity (Wildman–Crippen MR) is 77.1 cm³/mol. The fourth-order valence-corrected chi connectivity index (χ4v) is 5.24. The van der Waals surface area contributed by atoms with Crippen molar-refractivity contribution in [3.05, 3.63) is 0 Å². The van der Waals surface area contributed by atoms with Gasteiger partial charge in [-0.1, -0.05) is 32.1 Å². The second-order valence-electron chi connectivity index (χ2n) is 5.51. The summed E-state index contributed by atoms with van der Waals surface area (Å²) in [4.78, 5) is 33.9. The molecule has 0 bridgehead atoms. The maximum Gasteiger partial charge on any atom is 0.705 e. The average molecular weight is 316 g/mol. The third kappa shape index (κ3) is 6.75. The molecule has 21 heavy (non-hydrogen) atoms. The Kier molecular flexibility index (Phi) is 6.87. The molecule has 0 radical (unpaired) electrons. The van der Waals surface area contributed by atoms with Crippen LogP contribution in [0.25, 0.3) is 0 Å². The zero-order valence-electron chi connectivity index (χ0n) is 13.0. The molecule has 0 amide bonds. The summed E-state index contributed by atoms with van der Waals surface area (Å²) in [5.74, 6) is -1.30. The van der Waals surface area contributed by atoms with Gasteiger partial charge in [0.2, 0.25) is 0 Å². The minimum Gasteiger partial charge on any atom is -0.455 e.